The van der Waals surface area contributed by atoms with Crippen LogP contribution in [0.2, 0.25) is 0 Å². The van der Waals surface area contributed by atoms with Crippen molar-refractivity contribution in [3.8, 4) is 5.88 Å². The van der Waals surface area contributed by atoms with Crippen molar-refractivity contribution in [3.05, 3.63) is 77.5 Å². The second-order valence-corrected chi connectivity index (χ2v) is 7.72. The lowest BCUT2D eigenvalue weighted by Gasteiger charge is -2.28. The summed E-state index contributed by atoms with van der Waals surface area (Å²) in [5.74, 6) is -0.268. The van der Waals surface area contributed by atoms with Crippen molar-refractivity contribution in [1.29, 1.82) is 0 Å². The smallest absolute Gasteiger partial charge is 0.386 e. The number of aromatic nitrogens is 5. The summed E-state index contributed by atoms with van der Waals surface area (Å²) in [4.78, 5) is 27.9. The summed E-state index contributed by atoms with van der Waals surface area (Å²) in [5, 5.41) is 7.99. The van der Waals surface area contributed by atoms with E-state index in [1.165, 1.54) is 11.0 Å². The Morgan fingerprint density at radius 1 is 1.11 bits per heavy atom. The van der Waals surface area contributed by atoms with Gasteiger partial charge in [-0.3, -0.25) is 4.79 Å². The summed E-state index contributed by atoms with van der Waals surface area (Å²) in [6.07, 6.45) is -1.77. The van der Waals surface area contributed by atoms with E-state index in [4.69, 9.17) is 5.73 Å². The monoisotopic (exact) mass is 483 g/mol. The van der Waals surface area contributed by atoms with E-state index in [0.29, 0.717) is 22.7 Å². The molecule has 180 valence electrons. The number of nitrogen functional groups attached to an aromatic ring is 1. The first-order valence-electron chi connectivity index (χ1n) is 10.4. The minimum atomic E-state index is -4.88. The maximum Gasteiger partial charge on any atom is 0.574 e. The van der Waals surface area contributed by atoms with Crippen molar-refractivity contribution in [1.82, 2.24) is 30.0 Å². The van der Waals surface area contributed by atoms with Gasteiger partial charge in [-0.25, -0.2) is 15.0 Å². The Morgan fingerprint density at radius 2 is 1.86 bits per heavy atom. The Labute approximate surface area is 197 Å². The van der Waals surface area contributed by atoms with Crippen LogP contribution in [-0.2, 0) is 6.54 Å². The van der Waals surface area contributed by atoms with Gasteiger partial charge in [0.1, 0.15) is 11.6 Å². The third kappa shape index (κ3) is 5.60. The highest BCUT2D eigenvalue weighted by Crippen LogP contribution is 2.25. The Bertz CT molecular complexity index is 1350. The van der Waals surface area contributed by atoms with Gasteiger partial charge in [-0.05, 0) is 55.8 Å². The highest BCUT2D eigenvalue weighted by molar-refractivity contribution is 5.98. The van der Waals surface area contributed by atoms with Crippen LogP contribution < -0.4 is 10.5 Å². The van der Waals surface area contributed by atoms with Crippen molar-refractivity contribution in [3.63, 3.8) is 0 Å². The van der Waals surface area contributed by atoms with Gasteiger partial charge in [-0.1, -0.05) is 0 Å². The average molecular weight is 483 g/mol. The third-order valence-electron chi connectivity index (χ3n) is 5.23. The van der Waals surface area contributed by atoms with E-state index in [1.807, 2.05) is 13.0 Å². The fourth-order valence-electron chi connectivity index (χ4n) is 3.43. The summed E-state index contributed by atoms with van der Waals surface area (Å²) >= 11 is 0. The minimum Gasteiger partial charge on any atom is -0.386 e. The van der Waals surface area contributed by atoms with Crippen LogP contribution in [0.25, 0.3) is 10.9 Å². The lowest BCUT2D eigenvalue weighted by Crippen LogP contribution is -2.34. The molecule has 4 rings (SSSR count). The number of aryl methyl sites for hydroxylation is 1. The second-order valence-electron chi connectivity index (χ2n) is 7.72. The topological polar surface area (TPSA) is 120 Å². The molecule has 9 nitrogen and oxygen atoms in total. The summed E-state index contributed by atoms with van der Waals surface area (Å²) in [6, 6.07) is 10.3. The number of halogens is 3. The summed E-state index contributed by atoms with van der Waals surface area (Å²) in [6.45, 7) is 3.51. The van der Waals surface area contributed by atoms with E-state index in [1.54, 1.807) is 43.6 Å². The van der Waals surface area contributed by atoms with Gasteiger partial charge in [0.15, 0.2) is 0 Å². The van der Waals surface area contributed by atoms with Crippen LogP contribution >= 0.6 is 0 Å². The molecule has 0 saturated heterocycles. The van der Waals surface area contributed by atoms with Crippen LogP contribution in [0.1, 0.15) is 40.4 Å². The van der Waals surface area contributed by atoms with Crippen molar-refractivity contribution in [2.45, 2.75) is 32.8 Å². The lowest BCUT2D eigenvalue weighted by atomic mass is 10.1. The second kappa shape index (κ2) is 9.49. The highest BCUT2D eigenvalue weighted by atomic mass is 19.4. The number of carbonyl (C=O) groups is 1. The van der Waals surface area contributed by atoms with Gasteiger partial charge in [0.2, 0.25) is 5.88 Å². The van der Waals surface area contributed by atoms with E-state index in [0.717, 1.165) is 17.0 Å². The largest absolute Gasteiger partial charge is 0.574 e. The fourth-order valence-corrected chi connectivity index (χ4v) is 3.43. The summed E-state index contributed by atoms with van der Waals surface area (Å²) in [7, 11) is 0. The van der Waals surface area contributed by atoms with Crippen molar-refractivity contribution < 1.29 is 22.7 Å². The molecular weight excluding hydrogens is 463 g/mol. The SMILES string of the molecule is Cc1cc2cc(C(=O)N(Cc3ccc(OC(F)(F)F)nn3)C(C)c3ncccn3)ccc2nc1N. The Balaban J connectivity index is 1.67. The number of anilines is 1. The molecule has 3 heterocycles. The van der Waals surface area contributed by atoms with Crippen LogP contribution in [0.5, 0.6) is 5.88 Å². The Morgan fingerprint density at radius 3 is 2.51 bits per heavy atom. The van der Waals surface area contributed by atoms with Gasteiger partial charge in [0.05, 0.1) is 23.8 Å². The number of nitrogens with two attached hydrogens (primary N) is 1. The maximum absolute atomic E-state index is 13.6. The van der Waals surface area contributed by atoms with Gasteiger partial charge >= 0.3 is 6.36 Å². The Hall–Kier alpha value is -4.35. The summed E-state index contributed by atoms with van der Waals surface area (Å²) in [5.41, 5.74) is 7.92. The van der Waals surface area contributed by atoms with Crippen molar-refractivity contribution in [2.24, 2.45) is 0 Å². The average Bonchev–Trinajstić information content (AvgIpc) is 2.83. The van der Waals surface area contributed by atoms with Crippen LogP contribution in [-0.4, -0.2) is 42.3 Å². The van der Waals surface area contributed by atoms with Crippen molar-refractivity contribution >= 4 is 22.6 Å². The van der Waals surface area contributed by atoms with E-state index in [9.17, 15) is 18.0 Å². The molecule has 0 saturated carbocycles. The highest BCUT2D eigenvalue weighted by Gasteiger charge is 2.32. The molecule has 12 heteroatoms. The zero-order valence-corrected chi connectivity index (χ0v) is 18.7. The molecule has 1 unspecified atom stereocenters. The molecule has 1 aromatic carbocycles. The number of pyridine rings is 1. The number of alkyl halides is 3. The first kappa shape index (κ1) is 23.8. The van der Waals surface area contributed by atoms with Gasteiger partial charge in [0.25, 0.3) is 5.91 Å². The number of fused-ring (bicyclic) bond motifs is 1. The normalized spacial score (nSPS) is 12.4. The number of carbonyl (C=O) groups excluding carboxylic acids is 1. The van der Waals surface area contributed by atoms with Crippen LogP contribution in [0, 0.1) is 6.92 Å². The predicted octanol–water partition coefficient (Wildman–Crippen LogP) is 4.01. The molecule has 2 N–H and O–H groups in total. The number of rotatable bonds is 6. The minimum absolute atomic E-state index is 0.0609. The molecule has 0 aliphatic heterocycles. The molecule has 0 aliphatic carbocycles. The molecule has 4 aromatic rings. The number of benzene rings is 1. The van der Waals surface area contributed by atoms with Gasteiger partial charge in [0, 0.05) is 29.4 Å². The zero-order chi connectivity index (χ0) is 25.2. The van der Waals surface area contributed by atoms with Gasteiger partial charge in [-0.15, -0.1) is 23.4 Å². The first-order chi connectivity index (χ1) is 16.6. The lowest BCUT2D eigenvalue weighted by molar-refractivity contribution is -0.276. The summed E-state index contributed by atoms with van der Waals surface area (Å²) < 4.78 is 41.1. The van der Waals surface area contributed by atoms with E-state index in [-0.39, 0.29) is 18.1 Å². The number of ether oxygens (including phenoxy) is 1. The standard InChI is InChI=1S/C23H20F3N7O2/c1-13-10-16-11-15(4-6-18(16)30-20(13)27)22(34)33(14(2)21-28-8-3-9-29-21)12-17-5-7-19(32-31-17)35-23(24,25)26/h3-11,14H,12H2,1-2H3,(H2,27,30). The van der Waals surface area contributed by atoms with Gasteiger partial charge in [-0.2, -0.15) is 0 Å². The van der Waals surface area contributed by atoms with Crippen LogP contribution in [0.3, 0.4) is 0 Å². The zero-order valence-electron chi connectivity index (χ0n) is 18.7. The molecule has 35 heavy (non-hydrogen) atoms. The molecule has 1 amide bonds. The quantitative estimate of drug-likeness (QED) is 0.437. The Kier molecular flexibility index (Phi) is 6.45. The molecule has 3 aromatic heterocycles. The number of hydrogen-bond acceptors (Lipinski definition) is 8. The number of amides is 1. The number of nitrogens with zero attached hydrogens (tertiary/aromatic N) is 6. The van der Waals surface area contributed by atoms with E-state index in [2.05, 4.69) is 29.9 Å². The molecule has 1 atom stereocenters. The fraction of sp³-hybridized carbons (Fsp3) is 0.217. The number of hydrogen-bond donors (Lipinski definition) is 1. The molecule has 0 spiro atoms. The first-order valence-corrected chi connectivity index (χ1v) is 10.4. The molecule has 0 bridgehead atoms. The van der Waals surface area contributed by atoms with Crippen LogP contribution in [0.4, 0.5) is 19.0 Å². The van der Waals surface area contributed by atoms with Gasteiger partial charge < -0.3 is 15.4 Å². The third-order valence-corrected chi connectivity index (χ3v) is 5.23. The molecule has 0 radical (unpaired) electrons. The molecule has 0 fully saturated rings. The van der Waals surface area contributed by atoms with Crippen LogP contribution in [0.15, 0.2) is 54.9 Å². The molecular formula is C23H20F3N7O2. The van der Waals surface area contributed by atoms with E-state index < -0.39 is 18.3 Å². The predicted molar refractivity (Wildman–Crippen MR) is 120 cm³/mol. The van der Waals surface area contributed by atoms with Crippen molar-refractivity contribution in [2.75, 3.05) is 5.73 Å². The maximum atomic E-state index is 13.6. The molecule has 0 aliphatic rings. The van der Waals surface area contributed by atoms with E-state index >= 15 is 0 Å².